The summed E-state index contributed by atoms with van der Waals surface area (Å²) in [5, 5.41) is 4.42. The van der Waals surface area contributed by atoms with Crippen molar-refractivity contribution in [3.8, 4) is 11.5 Å². The van der Waals surface area contributed by atoms with Crippen LogP contribution < -0.4 is 30.9 Å². The van der Waals surface area contributed by atoms with Crippen molar-refractivity contribution in [1.29, 1.82) is 0 Å². The van der Waals surface area contributed by atoms with Crippen LogP contribution in [0.2, 0.25) is 0 Å². The highest BCUT2D eigenvalue weighted by Gasteiger charge is 2.18. The number of nitrogens with one attached hydrogen (secondary N) is 4. The van der Waals surface area contributed by atoms with E-state index in [2.05, 4.69) is 94.5 Å². The lowest BCUT2D eigenvalue weighted by Gasteiger charge is -2.13. The third-order valence-corrected chi connectivity index (χ3v) is 9.68. The number of H-pyrrole nitrogens is 4. The smallest absolute Gasteiger partial charge is 0.127 e. The van der Waals surface area contributed by atoms with E-state index in [1.54, 1.807) is 14.2 Å². The van der Waals surface area contributed by atoms with Crippen LogP contribution in [0.25, 0.3) is 22.8 Å². The Kier molecular flexibility index (Phi) is 11.1. The normalized spacial score (nSPS) is 12.8. The fraction of sp³-hybridized carbons (Fsp3) is 0.381. The van der Waals surface area contributed by atoms with Crippen molar-refractivity contribution in [2.24, 2.45) is 0 Å². The number of benzene rings is 1. The van der Waals surface area contributed by atoms with Gasteiger partial charge in [-0.15, -0.1) is 0 Å². The number of unbranched alkanes of at least 4 members (excludes halogenated alkanes) is 8. The average Bonchev–Trinajstić information content (AvgIpc) is 3.94. The monoisotopic (exact) mass is 644 g/mol. The Morgan fingerprint density at radius 1 is 0.521 bits per heavy atom. The first-order valence-electron chi connectivity index (χ1n) is 18.1. The summed E-state index contributed by atoms with van der Waals surface area (Å²) in [6.45, 7) is 4.54. The summed E-state index contributed by atoms with van der Waals surface area (Å²) < 4.78 is 11.7. The largest absolute Gasteiger partial charge is 0.497 e. The van der Waals surface area contributed by atoms with E-state index in [1.807, 2.05) is 12.1 Å². The van der Waals surface area contributed by atoms with Crippen molar-refractivity contribution >= 4 is 22.8 Å². The van der Waals surface area contributed by atoms with Gasteiger partial charge in [0, 0.05) is 55.3 Å². The van der Waals surface area contributed by atoms with E-state index in [0.29, 0.717) is 0 Å². The molecule has 6 rings (SSSR count). The SMILES string of the molecule is CCCCCCCC1=c2ccc([nH]2)=Cc2ccc([nH]2)C(CCCCCCC)=c2ccc([nH]2)=C(c2cc(OC)ccc2OC)c2ccc1[nH]2. The minimum atomic E-state index is 0.789. The van der Waals surface area contributed by atoms with Crippen molar-refractivity contribution in [2.45, 2.75) is 90.9 Å². The van der Waals surface area contributed by atoms with Gasteiger partial charge >= 0.3 is 0 Å². The van der Waals surface area contributed by atoms with Crippen LogP contribution in [0, 0.1) is 0 Å². The van der Waals surface area contributed by atoms with Crippen LogP contribution in [0.15, 0.2) is 66.7 Å². The van der Waals surface area contributed by atoms with Crippen LogP contribution in [0.4, 0.5) is 0 Å². The van der Waals surface area contributed by atoms with Crippen LogP contribution in [0.1, 0.15) is 119 Å². The van der Waals surface area contributed by atoms with Crippen LogP contribution in [0.5, 0.6) is 11.5 Å². The maximum Gasteiger partial charge on any atom is 0.127 e. The molecule has 6 nitrogen and oxygen atoms in total. The van der Waals surface area contributed by atoms with E-state index in [1.165, 1.54) is 62.5 Å². The standard InChI is InChI=1S/C42H52N4O2/c1-5-7-9-11-13-15-32-35-20-17-29(43-35)27-30-18-21-36(44-30)33(16-14-12-10-8-6-2)38-23-25-40(46-38)42(39-24-22-37(32)45-39)34-28-31(47-3)19-26-41(34)48-4/h17-28,43-46H,5-16H2,1-4H3. The maximum atomic E-state index is 5.96. The van der Waals surface area contributed by atoms with Gasteiger partial charge in [-0.1, -0.05) is 65.2 Å². The molecule has 0 radical (unpaired) electrons. The third kappa shape index (κ3) is 7.59. The van der Waals surface area contributed by atoms with Gasteiger partial charge in [0.15, 0.2) is 0 Å². The van der Waals surface area contributed by atoms with E-state index in [4.69, 9.17) is 9.47 Å². The molecule has 0 saturated heterocycles. The van der Waals surface area contributed by atoms with E-state index in [0.717, 1.165) is 92.5 Å². The van der Waals surface area contributed by atoms with Gasteiger partial charge in [-0.05, 0) is 110 Å². The molecular formula is C42H52N4O2. The number of rotatable bonds is 15. The molecule has 1 aliphatic heterocycles. The lowest BCUT2D eigenvalue weighted by molar-refractivity contribution is 0.402. The molecule has 5 aromatic rings. The number of aromatic amines is 4. The first-order valence-corrected chi connectivity index (χ1v) is 18.1. The van der Waals surface area contributed by atoms with Crippen molar-refractivity contribution < 1.29 is 9.47 Å². The summed E-state index contributed by atoms with van der Waals surface area (Å²) in [6, 6.07) is 23.8. The van der Waals surface area contributed by atoms with Gasteiger partial charge in [-0.25, -0.2) is 0 Å². The van der Waals surface area contributed by atoms with E-state index in [-0.39, 0.29) is 0 Å². The number of aromatic nitrogens is 4. The fourth-order valence-electron chi connectivity index (χ4n) is 7.03. The second-order valence-electron chi connectivity index (χ2n) is 13.1. The molecule has 4 aromatic heterocycles. The number of fused-ring (bicyclic) bond motifs is 8. The lowest BCUT2D eigenvalue weighted by Crippen LogP contribution is -2.18. The predicted octanol–water partition coefficient (Wildman–Crippen LogP) is 7.52. The van der Waals surface area contributed by atoms with Crippen LogP contribution in [0.3, 0.4) is 0 Å². The van der Waals surface area contributed by atoms with Crippen LogP contribution in [-0.4, -0.2) is 34.2 Å². The van der Waals surface area contributed by atoms with Crippen molar-refractivity contribution in [2.75, 3.05) is 14.2 Å². The van der Waals surface area contributed by atoms with Gasteiger partial charge in [-0.3, -0.25) is 0 Å². The summed E-state index contributed by atoms with van der Waals surface area (Å²) in [7, 11) is 3.45. The zero-order valence-corrected chi connectivity index (χ0v) is 29.2. The Balaban J connectivity index is 1.58. The van der Waals surface area contributed by atoms with Crippen molar-refractivity contribution in [1.82, 2.24) is 19.9 Å². The number of methoxy groups -OCH3 is 2. The minimum absolute atomic E-state index is 0.789. The molecule has 4 N–H and O–H groups in total. The van der Waals surface area contributed by atoms with Gasteiger partial charge in [-0.2, -0.15) is 0 Å². The third-order valence-electron chi connectivity index (χ3n) is 9.68. The zero-order chi connectivity index (χ0) is 33.3. The molecule has 8 bridgehead atoms. The first kappa shape index (κ1) is 33.3. The molecule has 6 heteroatoms. The molecule has 252 valence electrons. The second-order valence-corrected chi connectivity index (χ2v) is 13.1. The highest BCUT2D eigenvalue weighted by Crippen LogP contribution is 2.33. The molecule has 0 fully saturated rings. The number of hydrogen-bond donors (Lipinski definition) is 4. The summed E-state index contributed by atoms with van der Waals surface area (Å²) in [5.41, 5.74) is 9.05. The minimum Gasteiger partial charge on any atom is -0.497 e. The quantitative estimate of drug-likeness (QED) is 0.0890. The Morgan fingerprint density at radius 2 is 1.15 bits per heavy atom. The van der Waals surface area contributed by atoms with Crippen molar-refractivity contribution in [3.63, 3.8) is 0 Å². The molecular weight excluding hydrogens is 592 g/mol. The van der Waals surface area contributed by atoms with Crippen LogP contribution >= 0.6 is 0 Å². The average molecular weight is 645 g/mol. The summed E-state index contributed by atoms with van der Waals surface area (Å²) in [6.07, 6.45) is 16.6. The van der Waals surface area contributed by atoms with E-state index in [9.17, 15) is 0 Å². The molecule has 0 amide bonds. The maximum absolute atomic E-state index is 5.96. The highest BCUT2D eigenvalue weighted by molar-refractivity contribution is 5.82. The van der Waals surface area contributed by atoms with E-state index < -0.39 is 0 Å². The zero-order valence-electron chi connectivity index (χ0n) is 29.2. The summed E-state index contributed by atoms with van der Waals surface area (Å²) in [4.78, 5) is 15.2. The number of ether oxygens (including phenoxy) is 2. The molecule has 0 aliphatic carbocycles. The topological polar surface area (TPSA) is 81.6 Å². The van der Waals surface area contributed by atoms with E-state index >= 15 is 0 Å². The van der Waals surface area contributed by atoms with Crippen LogP contribution in [-0.2, 0) is 0 Å². The molecule has 0 atom stereocenters. The molecule has 48 heavy (non-hydrogen) atoms. The van der Waals surface area contributed by atoms with Gasteiger partial charge in [0.25, 0.3) is 0 Å². The molecule has 0 spiro atoms. The Hall–Kier alpha value is -4.58. The van der Waals surface area contributed by atoms with Gasteiger partial charge < -0.3 is 29.4 Å². The summed E-state index contributed by atoms with van der Waals surface area (Å²) in [5.74, 6) is 1.59. The van der Waals surface area contributed by atoms with Crippen molar-refractivity contribution in [3.05, 3.63) is 116 Å². The molecule has 0 saturated carbocycles. The Morgan fingerprint density at radius 3 is 1.85 bits per heavy atom. The predicted molar refractivity (Wildman–Crippen MR) is 198 cm³/mol. The summed E-state index contributed by atoms with van der Waals surface area (Å²) >= 11 is 0. The molecule has 1 aromatic carbocycles. The lowest BCUT2D eigenvalue weighted by atomic mass is 10.0. The van der Waals surface area contributed by atoms with Gasteiger partial charge in [0.1, 0.15) is 11.5 Å². The first-order chi connectivity index (χ1) is 23.6. The fourth-order valence-corrected chi connectivity index (χ4v) is 7.03. The molecule has 1 aliphatic rings. The van der Waals surface area contributed by atoms with Gasteiger partial charge in [0.2, 0.25) is 0 Å². The second kappa shape index (κ2) is 16.0. The molecule has 0 unspecified atom stereocenters. The number of hydrogen-bond acceptors (Lipinski definition) is 2. The molecule has 5 heterocycles. The highest BCUT2D eigenvalue weighted by atomic mass is 16.5. The Bertz CT molecular complexity index is 2050. The Labute approximate surface area is 284 Å². The van der Waals surface area contributed by atoms with Gasteiger partial charge in [0.05, 0.1) is 14.2 Å².